The monoisotopic (exact) mass is 251 g/mol. The second-order valence-corrected chi connectivity index (χ2v) is 5.56. The molecule has 1 fully saturated rings. The largest absolute Gasteiger partial charge is 0.394 e. The molecule has 0 aliphatic heterocycles. The normalized spacial score (nSPS) is 18.9. The molecule has 1 saturated carbocycles. The number of hydrogen-bond acceptors (Lipinski definition) is 3. The van der Waals surface area contributed by atoms with Gasteiger partial charge in [0.05, 0.1) is 24.2 Å². The zero-order chi connectivity index (χ0) is 13.2. The first-order valence-corrected chi connectivity index (χ1v) is 6.97. The fourth-order valence-corrected chi connectivity index (χ4v) is 2.58. The summed E-state index contributed by atoms with van der Waals surface area (Å²) in [6.07, 6.45) is 5.44. The molecule has 4 nitrogen and oxygen atoms in total. The van der Waals surface area contributed by atoms with Crippen LogP contribution in [0.25, 0.3) is 0 Å². The third-order valence-corrected chi connectivity index (χ3v) is 4.17. The zero-order valence-electron chi connectivity index (χ0n) is 11.7. The molecule has 102 valence electrons. The van der Waals surface area contributed by atoms with E-state index < -0.39 is 0 Å². The van der Waals surface area contributed by atoms with Gasteiger partial charge in [-0.1, -0.05) is 6.92 Å². The van der Waals surface area contributed by atoms with Crippen LogP contribution in [-0.2, 0) is 6.54 Å². The maximum Gasteiger partial charge on any atom is 0.0952 e. The Bertz CT molecular complexity index is 398. The van der Waals surface area contributed by atoms with Crippen molar-refractivity contribution in [2.45, 2.75) is 52.1 Å². The first-order chi connectivity index (χ1) is 8.63. The number of hydrogen-bond donors (Lipinski definition) is 2. The SMILES string of the molecule is CCCNC(CO)(Cn1cnc(C)c1C)C1CC1. The van der Waals surface area contributed by atoms with Crippen LogP contribution >= 0.6 is 0 Å². The molecule has 0 aromatic carbocycles. The van der Waals surface area contributed by atoms with Gasteiger partial charge in [0.15, 0.2) is 0 Å². The zero-order valence-corrected chi connectivity index (χ0v) is 11.7. The van der Waals surface area contributed by atoms with Crippen molar-refractivity contribution in [2.24, 2.45) is 5.92 Å². The molecular formula is C14H25N3O. The van der Waals surface area contributed by atoms with Gasteiger partial charge in [0, 0.05) is 12.2 Å². The summed E-state index contributed by atoms with van der Waals surface area (Å²) in [6, 6.07) is 0. The molecule has 1 heterocycles. The predicted molar refractivity (Wildman–Crippen MR) is 72.5 cm³/mol. The van der Waals surface area contributed by atoms with Gasteiger partial charge in [-0.3, -0.25) is 0 Å². The fourth-order valence-electron chi connectivity index (χ4n) is 2.58. The predicted octanol–water partition coefficient (Wildman–Crippen LogP) is 1.64. The number of aliphatic hydroxyl groups excluding tert-OH is 1. The van der Waals surface area contributed by atoms with Crippen LogP contribution in [0, 0.1) is 19.8 Å². The van der Waals surface area contributed by atoms with E-state index in [1.165, 1.54) is 18.5 Å². The van der Waals surface area contributed by atoms with Crippen molar-refractivity contribution in [1.29, 1.82) is 0 Å². The Kier molecular flexibility index (Phi) is 4.07. The molecule has 1 aliphatic rings. The molecule has 0 radical (unpaired) electrons. The molecule has 18 heavy (non-hydrogen) atoms. The van der Waals surface area contributed by atoms with E-state index in [0.29, 0.717) is 5.92 Å². The number of rotatable bonds is 7. The maximum atomic E-state index is 9.88. The van der Waals surface area contributed by atoms with Crippen molar-refractivity contribution in [3.8, 4) is 0 Å². The number of aromatic nitrogens is 2. The summed E-state index contributed by atoms with van der Waals surface area (Å²) in [6.45, 7) is 8.27. The van der Waals surface area contributed by atoms with Gasteiger partial charge in [0.25, 0.3) is 0 Å². The van der Waals surface area contributed by atoms with Gasteiger partial charge in [-0.05, 0) is 45.6 Å². The smallest absolute Gasteiger partial charge is 0.0952 e. The van der Waals surface area contributed by atoms with Gasteiger partial charge < -0.3 is 15.0 Å². The van der Waals surface area contributed by atoms with E-state index in [1.54, 1.807) is 0 Å². The second kappa shape index (κ2) is 5.41. The van der Waals surface area contributed by atoms with E-state index in [1.807, 2.05) is 13.3 Å². The minimum atomic E-state index is -0.159. The topological polar surface area (TPSA) is 50.1 Å². The standard InChI is InChI=1S/C14H25N3O/c1-4-7-16-14(9-18,13-5-6-13)8-17-10-15-11(2)12(17)3/h10,13,16,18H,4-9H2,1-3H3. The van der Waals surface area contributed by atoms with Crippen molar-refractivity contribution in [1.82, 2.24) is 14.9 Å². The molecule has 1 aromatic heterocycles. The van der Waals surface area contributed by atoms with Crippen LogP contribution in [0.5, 0.6) is 0 Å². The van der Waals surface area contributed by atoms with Gasteiger partial charge in [-0.25, -0.2) is 4.98 Å². The summed E-state index contributed by atoms with van der Waals surface area (Å²) >= 11 is 0. The minimum absolute atomic E-state index is 0.159. The summed E-state index contributed by atoms with van der Waals surface area (Å²) in [5.74, 6) is 0.608. The van der Waals surface area contributed by atoms with Gasteiger partial charge in [0.1, 0.15) is 0 Å². The highest BCUT2D eigenvalue weighted by atomic mass is 16.3. The Morgan fingerprint density at radius 2 is 2.22 bits per heavy atom. The third kappa shape index (κ3) is 2.59. The van der Waals surface area contributed by atoms with Crippen LogP contribution in [0.15, 0.2) is 6.33 Å². The molecule has 0 saturated heterocycles. The molecule has 0 amide bonds. The second-order valence-electron chi connectivity index (χ2n) is 5.56. The van der Waals surface area contributed by atoms with Gasteiger partial charge in [-0.2, -0.15) is 0 Å². The average molecular weight is 251 g/mol. The molecule has 4 heteroatoms. The van der Waals surface area contributed by atoms with Crippen molar-refractivity contribution < 1.29 is 5.11 Å². The van der Waals surface area contributed by atoms with Crippen LogP contribution in [0.4, 0.5) is 0 Å². The minimum Gasteiger partial charge on any atom is -0.394 e. The molecule has 1 aromatic rings. The molecule has 2 N–H and O–H groups in total. The average Bonchev–Trinajstić information content (AvgIpc) is 3.18. The van der Waals surface area contributed by atoms with E-state index in [9.17, 15) is 5.11 Å². The van der Waals surface area contributed by atoms with Crippen molar-refractivity contribution >= 4 is 0 Å². The van der Waals surface area contributed by atoms with E-state index in [-0.39, 0.29) is 12.1 Å². The van der Waals surface area contributed by atoms with Crippen LogP contribution in [0.1, 0.15) is 37.6 Å². The van der Waals surface area contributed by atoms with Crippen molar-refractivity contribution in [3.63, 3.8) is 0 Å². The third-order valence-electron chi connectivity index (χ3n) is 4.17. The fraction of sp³-hybridized carbons (Fsp3) is 0.786. The Labute approximate surface area is 109 Å². The lowest BCUT2D eigenvalue weighted by Gasteiger charge is -2.34. The molecule has 0 bridgehead atoms. The molecular weight excluding hydrogens is 226 g/mol. The van der Waals surface area contributed by atoms with Crippen LogP contribution in [-0.4, -0.2) is 33.3 Å². The highest BCUT2D eigenvalue weighted by Gasteiger charge is 2.44. The van der Waals surface area contributed by atoms with Crippen LogP contribution in [0.2, 0.25) is 0 Å². The first-order valence-electron chi connectivity index (χ1n) is 6.97. The quantitative estimate of drug-likeness (QED) is 0.774. The number of imidazole rings is 1. The maximum absolute atomic E-state index is 9.88. The van der Waals surface area contributed by atoms with Gasteiger partial charge >= 0.3 is 0 Å². The van der Waals surface area contributed by atoms with Crippen molar-refractivity contribution in [2.75, 3.05) is 13.2 Å². The summed E-state index contributed by atoms with van der Waals surface area (Å²) in [4.78, 5) is 4.35. The number of nitrogens with one attached hydrogen (secondary N) is 1. The Morgan fingerprint density at radius 3 is 2.67 bits per heavy atom. The number of nitrogens with zero attached hydrogens (tertiary/aromatic N) is 2. The summed E-state index contributed by atoms with van der Waals surface area (Å²) < 4.78 is 2.17. The highest BCUT2D eigenvalue weighted by molar-refractivity contribution is 5.11. The van der Waals surface area contributed by atoms with Gasteiger partial charge in [-0.15, -0.1) is 0 Å². The lowest BCUT2D eigenvalue weighted by Crippen LogP contribution is -2.54. The molecule has 1 atom stereocenters. The number of aryl methyl sites for hydroxylation is 1. The molecule has 1 unspecified atom stereocenters. The first kappa shape index (κ1) is 13.6. The lowest BCUT2D eigenvalue weighted by atomic mass is 9.93. The van der Waals surface area contributed by atoms with Crippen LogP contribution in [0.3, 0.4) is 0 Å². The van der Waals surface area contributed by atoms with E-state index in [2.05, 4.69) is 28.7 Å². The molecule has 2 rings (SSSR count). The lowest BCUT2D eigenvalue weighted by molar-refractivity contribution is 0.121. The Hall–Kier alpha value is -0.870. The molecule has 0 spiro atoms. The summed E-state index contributed by atoms with van der Waals surface area (Å²) in [7, 11) is 0. The summed E-state index contributed by atoms with van der Waals surface area (Å²) in [5.41, 5.74) is 2.12. The van der Waals surface area contributed by atoms with Gasteiger partial charge in [0.2, 0.25) is 0 Å². The van der Waals surface area contributed by atoms with Crippen LogP contribution < -0.4 is 5.32 Å². The number of aliphatic hydroxyl groups is 1. The molecule has 1 aliphatic carbocycles. The van der Waals surface area contributed by atoms with E-state index in [4.69, 9.17) is 0 Å². The van der Waals surface area contributed by atoms with E-state index >= 15 is 0 Å². The Balaban J connectivity index is 2.16. The van der Waals surface area contributed by atoms with Crippen molar-refractivity contribution in [3.05, 3.63) is 17.7 Å². The van der Waals surface area contributed by atoms with E-state index in [0.717, 1.165) is 25.2 Å². The highest BCUT2D eigenvalue weighted by Crippen LogP contribution is 2.40. The summed E-state index contributed by atoms with van der Waals surface area (Å²) in [5, 5.41) is 13.5. The Morgan fingerprint density at radius 1 is 1.50 bits per heavy atom.